The summed E-state index contributed by atoms with van der Waals surface area (Å²) in [6, 6.07) is 3.23. The number of sulfone groups is 1. The monoisotopic (exact) mass is 340 g/mol. The topological polar surface area (TPSA) is 69.7 Å². The van der Waals surface area contributed by atoms with E-state index in [-0.39, 0.29) is 5.56 Å². The summed E-state index contributed by atoms with van der Waals surface area (Å²) in [5, 5.41) is 0. The van der Waals surface area contributed by atoms with Crippen molar-refractivity contribution in [2.24, 2.45) is 5.92 Å². The first-order valence-electron chi connectivity index (χ1n) is 6.16. The Bertz CT molecular complexity index is 631. The molecule has 0 aliphatic carbocycles. The number of alkyl halides is 2. The Labute approximate surface area is 125 Å². The van der Waals surface area contributed by atoms with Crippen molar-refractivity contribution in [3.63, 3.8) is 0 Å². The number of benzene rings is 1. The van der Waals surface area contributed by atoms with Gasteiger partial charge in [-0.2, -0.15) is 8.78 Å². The van der Waals surface area contributed by atoms with Gasteiger partial charge >= 0.3 is 12.6 Å². The van der Waals surface area contributed by atoms with Gasteiger partial charge in [-0.3, -0.25) is 4.79 Å². The number of esters is 1. The van der Waals surface area contributed by atoms with Gasteiger partial charge < -0.3 is 9.47 Å². The van der Waals surface area contributed by atoms with E-state index in [9.17, 15) is 26.4 Å². The van der Waals surface area contributed by atoms with E-state index in [0.29, 0.717) is 0 Å². The van der Waals surface area contributed by atoms with Gasteiger partial charge in [-0.15, -0.1) is 0 Å². The Morgan fingerprint density at radius 3 is 2.50 bits per heavy atom. The number of para-hydroxylation sites is 1. The highest BCUT2D eigenvalue weighted by atomic mass is 32.2. The average molecular weight is 340 g/mol. The number of carbonyl (C=O) groups is 1. The summed E-state index contributed by atoms with van der Waals surface area (Å²) in [7, 11) is -2.74. The molecular formula is C13H15F3O5S. The number of halogens is 3. The van der Waals surface area contributed by atoms with Crippen molar-refractivity contribution in [1.82, 2.24) is 0 Å². The van der Waals surface area contributed by atoms with Gasteiger partial charge in [-0.1, -0.05) is 19.1 Å². The molecule has 1 aromatic rings. The van der Waals surface area contributed by atoms with Gasteiger partial charge in [-0.25, -0.2) is 12.8 Å². The fraction of sp³-hybridized carbons (Fsp3) is 0.462. The summed E-state index contributed by atoms with van der Waals surface area (Å²) in [4.78, 5) is 11.2. The van der Waals surface area contributed by atoms with Crippen LogP contribution in [-0.2, 0) is 25.1 Å². The molecule has 0 radical (unpaired) electrons. The van der Waals surface area contributed by atoms with Crippen LogP contribution in [0.5, 0.6) is 5.75 Å². The normalized spacial score (nSPS) is 13.0. The predicted molar refractivity (Wildman–Crippen MR) is 71.7 cm³/mol. The van der Waals surface area contributed by atoms with Crippen LogP contribution in [-0.4, -0.2) is 33.9 Å². The molecule has 0 saturated heterocycles. The molecule has 0 heterocycles. The van der Waals surface area contributed by atoms with Crippen LogP contribution in [0.25, 0.3) is 0 Å². The highest BCUT2D eigenvalue weighted by Gasteiger charge is 2.25. The SMILES string of the molecule is COC(=O)C(C)CS(=O)(=O)Cc1cccc(F)c1OC(F)F. The summed E-state index contributed by atoms with van der Waals surface area (Å²) in [5.41, 5.74) is -0.239. The molecule has 9 heteroatoms. The first kappa shape index (κ1) is 18.3. The van der Waals surface area contributed by atoms with Crippen LogP contribution in [0.15, 0.2) is 18.2 Å². The minimum atomic E-state index is -3.86. The van der Waals surface area contributed by atoms with E-state index in [0.717, 1.165) is 13.2 Å². The smallest absolute Gasteiger partial charge is 0.387 e. The lowest BCUT2D eigenvalue weighted by Gasteiger charge is -2.13. The van der Waals surface area contributed by atoms with Crippen LogP contribution in [0.1, 0.15) is 12.5 Å². The summed E-state index contributed by atoms with van der Waals surface area (Å²) in [5.74, 6) is -4.82. The van der Waals surface area contributed by atoms with Gasteiger partial charge in [0.05, 0.1) is 24.5 Å². The van der Waals surface area contributed by atoms with Gasteiger partial charge in [0.1, 0.15) is 0 Å². The molecule has 1 aromatic carbocycles. The molecule has 124 valence electrons. The maximum absolute atomic E-state index is 13.5. The molecule has 0 aromatic heterocycles. The quantitative estimate of drug-likeness (QED) is 0.712. The zero-order valence-electron chi connectivity index (χ0n) is 11.9. The summed E-state index contributed by atoms with van der Waals surface area (Å²) < 4.78 is 70.5. The molecule has 1 unspecified atom stereocenters. The number of hydrogen-bond donors (Lipinski definition) is 0. The van der Waals surface area contributed by atoms with Gasteiger partial charge in [0.2, 0.25) is 0 Å². The summed E-state index contributed by atoms with van der Waals surface area (Å²) in [6.07, 6.45) is 0. The van der Waals surface area contributed by atoms with E-state index in [4.69, 9.17) is 0 Å². The van der Waals surface area contributed by atoms with E-state index in [1.54, 1.807) is 0 Å². The molecular weight excluding hydrogens is 325 g/mol. The number of rotatable bonds is 7. The third-order valence-corrected chi connectivity index (χ3v) is 4.50. The van der Waals surface area contributed by atoms with Crippen molar-refractivity contribution < 1.29 is 35.9 Å². The molecule has 0 saturated carbocycles. The zero-order chi connectivity index (χ0) is 16.9. The highest BCUT2D eigenvalue weighted by Crippen LogP contribution is 2.27. The van der Waals surface area contributed by atoms with Crippen molar-refractivity contribution in [1.29, 1.82) is 0 Å². The maximum Gasteiger partial charge on any atom is 0.387 e. The lowest BCUT2D eigenvalue weighted by molar-refractivity contribution is -0.144. The molecule has 0 spiro atoms. The molecule has 1 rings (SSSR count). The van der Waals surface area contributed by atoms with Crippen LogP contribution in [0.3, 0.4) is 0 Å². The number of methoxy groups -OCH3 is 1. The fourth-order valence-electron chi connectivity index (χ4n) is 1.83. The lowest BCUT2D eigenvalue weighted by Crippen LogP contribution is -2.23. The Morgan fingerprint density at radius 2 is 1.95 bits per heavy atom. The van der Waals surface area contributed by atoms with Crippen molar-refractivity contribution in [2.45, 2.75) is 19.3 Å². The van der Waals surface area contributed by atoms with Crippen molar-refractivity contribution >= 4 is 15.8 Å². The molecule has 0 aliphatic rings. The predicted octanol–water partition coefficient (Wildman–Crippen LogP) is 2.15. The molecule has 0 N–H and O–H groups in total. The number of hydrogen-bond acceptors (Lipinski definition) is 5. The van der Waals surface area contributed by atoms with Crippen LogP contribution in [0, 0.1) is 11.7 Å². The molecule has 0 aliphatic heterocycles. The second-order valence-corrected chi connectivity index (χ2v) is 6.69. The van der Waals surface area contributed by atoms with Crippen molar-refractivity contribution in [2.75, 3.05) is 12.9 Å². The largest absolute Gasteiger partial charge is 0.469 e. The van der Waals surface area contributed by atoms with E-state index < -0.39 is 51.4 Å². The van der Waals surface area contributed by atoms with Crippen molar-refractivity contribution in [3.05, 3.63) is 29.6 Å². The van der Waals surface area contributed by atoms with Crippen LogP contribution in [0.4, 0.5) is 13.2 Å². The Hall–Kier alpha value is -1.77. The molecule has 1 atom stereocenters. The minimum Gasteiger partial charge on any atom is -0.469 e. The van der Waals surface area contributed by atoms with Gasteiger partial charge in [0, 0.05) is 5.56 Å². The highest BCUT2D eigenvalue weighted by molar-refractivity contribution is 7.90. The molecule has 5 nitrogen and oxygen atoms in total. The molecule has 0 amide bonds. The molecule has 0 fully saturated rings. The average Bonchev–Trinajstić information content (AvgIpc) is 2.40. The third-order valence-electron chi connectivity index (χ3n) is 2.74. The second-order valence-electron chi connectivity index (χ2n) is 4.59. The second kappa shape index (κ2) is 7.48. The fourth-order valence-corrected chi connectivity index (χ4v) is 3.55. The Morgan fingerprint density at radius 1 is 1.32 bits per heavy atom. The van der Waals surface area contributed by atoms with Crippen LogP contribution < -0.4 is 4.74 Å². The third kappa shape index (κ3) is 5.21. The first-order valence-corrected chi connectivity index (χ1v) is 7.99. The van der Waals surface area contributed by atoms with E-state index in [2.05, 4.69) is 9.47 Å². The van der Waals surface area contributed by atoms with Gasteiger partial charge in [0.25, 0.3) is 0 Å². The van der Waals surface area contributed by atoms with Gasteiger partial charge in [-0.05, 0) is 6.07 Å². The summed E-state index contributed by atoms with van der Waals surface area (Å²) in [6.45, 7) is -1.93. The maximum atomic E-state index is 13.5. The Kier molecular flexibility index (Phi) is 6.21. The number of ether oxygens (including phenoxy) is 2. The Balaban J connectivity index is 2.98. The lowest BCUT2D eigenvalue weighted by atomic mass is 10.2. The molecule has 22 heavy (non-hydrogen) atoms. The minimum absolute atomic E-state index is 0.239. The van der Waals surface area contributed by atoms with Gasteiger partial charge in [0.15, 0.2) is 21.4 Å². The summed E-state index contributed by atoms with van der Waals surface area (Å²) >= 11 is 0. The van der Waals surface area contributed by atoms with E-state index in [1.807, 2.05) is 0 Å². The standard InChI is InChI=1S/C13H15F3O5S/c1-8(12(17)20-2)6-22(18,19)7-9-4-3-5-10(14)11(9)21-13(15)16/h3-5,8,13H,6-7H2,1-2H3. The van der Waals surface area contributed by atoms with E-state index in [1.165, 1.54) is 19.1 Å². The van der Waals surface area contributed by atoms with Crippen LogP contribution >= 0.6 is 0 Å². The first-order chi connectivity index (χ1) is 10.2. The van der Waals surface area contributed by atoms with Crippen molar-refractivity contribution in [3.8, 4) is 5.75 Å². The molecule has 0 bridgehead atoms. The zero-order valence-corrected chi connectivity index (χ0v) is 12.7. The number of carbonyl (C=O) groups excluding carboxylic acids is 1. The van der Waals surface area contributed by atoms with Crippen LogP contribution in [0.2, 0.25) is 0 Å². The van der Waals surface area contributed by atoms with E-state index >= 15 is 0 Å².